The number of aryl methyl sites for hydroxylation is 1. The van der Waals surface area contributed by atoms with E-state index >= 15 is 0 Å². The topological polar surface area (TPSA) is 38.9 Å². The largest absolute Gasteiger partial charge is 0.326 e. The lowest BCUT2D eigenvalue weighted by molar-refractivity contribution is 0.506. The normalized spacial score (nSPS) is 10.7. The van der Waals surface area contributed by atoms with E-state index in [0.717, 1.165) is 28.3 Å². The highest BCUT2D eigenvalue weighted by atomic mass is 32.2. The Balaban J connectivity index is 2.34. The highest BCUT2D eigenvalue weighted by Gasteiger charge is 2.09. The Morgan fingerprint density at radius 1 is 1.22 bits per heavy atom. The van der Waals surface area contributed by atoms with Gasteiger partial charge in [-0.25, -0.2) is 13.8 Å². The van der Waals surface area contributed by atoms with E-state index in [1.54, 1.807) is 6.20 Å². The lowest BCUT2D eigenvalue weighted by Gasteiger charge is -2.09. The molecule has 0 aliphatic carbocycles. The molecule has 0 amide bonds. The second-order valence-corrected chi connectivity index (χ2v) is 4.86. The zero-order valence-corrected chi connectivity index (χ0v) is 10.6. The van der Waals surface area contributed by atoms with Crippen LogP contribution in [0.15, 0.2) is 40.4 Å². The van der Waals surface area contributed by atoms with Crippen LogP contribution in [0, 0.1) is 18.6 Å². The molecule has 1 aromatic carbocycles. The molecule has 18 heavy (non-hydrogen) atoms. The summed E-state index contributed by atoms with van der Waals surface area (Å²) in [4.78, 5) is 4.82. The van der Waals surface area contributed by atoms with Crippen LogP contribution >= 0.6 is 11.8 Å². The van der Waals surface area contributed by atoms with E-state index in [4.69, 9.17) is 5.73 Å². The zero-order valence-electron chi connectivity index (χ0n) is 9.78. The molecule has 0 aliphatic rings. The predicted molar refractivity (Wildman–Crippen MR) is 67.3 cm³/mol. The van der Waals surface area contributed by atoms with Gasteiger partial charge in [0.15, 0.2) is 11.6 Å². The molecular formula is C13H12F2N2S. The van der Waals surface area contributed by atoms with Gasteiger partial charge in [-0.05, 0) is 36.8 Å². The van der Waals surface area contributed by atoms with Crippen molar-refractivity contribution in [1.82, 2.24) is 4.98 Å². The minimum absolute atomic E-state index is 0.367. The Bertz CT molecular complexity index is 573. The average Bonchev–Trinajstić information content (AvgIpc) is 2.34. The number of aromatic nitrogens is 1. The first-order chi connectivity index (χ1) is 8.61. The van der Waals surface area contributed by atoms with Gasteiger partial charge in [0.05, 0.1) is 0 Å². The number of nitrogens with zero attached hydrogens (tertiary/aromatic N) is 1. The van der Waals surface area contributed by atoms with Crippen molar-refractivity contribution in [3.63, 3.8) is 0 Å². The maximum atomic E-state index is 13.1. The Kier molecular flexibility index (Phi) is 3.93. The minimum atomic E-state index is -0.859. The summed E-state index contributed by atoms with van der Waals surface area (Å²) >= 11 is 1.28. The minimum Gasteiger partial charge on any atom is -0.326 e. The zero-order chi connectivity index (χ0) is 13.1. The number of hydrogen-bond donors (Lipinski definition) is 1. The van der Waals surface area contributed by atoms with Gasteiger partial charge in [0.1, 0.15) is 5.03 Å². The lowest BCUT2D eigenvalue weighted by Crippen LogP contribution is -2.02. The van der Waals surface area contributed by atoms with Gasteiger partial charge in [-0.1, -0.05) is 11.8 Å². The van der Waals surface area contributed by atoms with Crippen molar-refractivity contribution in [3.8, 4) is 0 Å². The van der Waals surface area contributed by atoms with Gasteiger partial charge in [0.25, 0.3) is 0 Å². The van der Waals surface area contributed by atoms with Crippen LogP contribution in [-0.4, -0.2) is 4.98 Å². The van der Waals surface area contributed by atoms with Crippen LogP contribution in [0.1, 0.15) is 11.1 Å². The molecule has 5 heteroatoms. The summed E-state index contributed by atoms with van der Waals surface area (Å²) in [5.41, 5.74) is 7.63. The first-order valence-electron chi connectivity index (χ1n) is 5.39. The number of nitrogens with two attached hydrogens (primary N) is 1. The van der Waals surface area contributed by atoms with Gasteiger partial charge >= 0.3 is 0 Å². The van der Waals surface area contributed by atoms with E-state index in [9.17, 15) is 8.78 Å². The van der Waals surface area contributed by atoms with Crippen molar-refractivity contribution in [1.29, 1.82) is 0 Å². The van der Waals surface area contributed by atoms with Crippen LogP contribution in [0.3, 0.4) is 0 Å². The molecule has 2 nitrogen and oxygen atoms in total. The Labute approximate surface area is 108 Å². The summed E-state index contributed by atoms with van der Waals surface area (Å²) in [6.45, 7) is 2.31. The highest BCUT2D eigenvalue weighted by Crippen LogP contribution is 2.30. The fourth-order valence-corrected chi connectivity index (χ4v) is 2.55. The third kappa shape index (κ3) is 2.68. The molecule has 1 heterocycles. The smallest absolute Gasteiger partial charge is 0.159 e. The number of halogens is 2. The van der Waals surface area contributed by atoms with E-state index < -0.39 is 11.6 Å². The van der Waals surface area contributed by atoms with Crippen molar-refractivity contribution >= 4 is 11.8 Å². The van der Waals surface area contributed by atoms with Crippen LogP contribution in [0.25, 0.3) is 0 Å². The highest BCUT2D eigenvalue weighted by molar-refractivity contribution is 7.99. The molecule has 0 unspecified atom stereocenters. The van der Waals surface area contributed by atoms with Crippen molar-refractivity contribution in [2.75, 3.05) is 0 Å². The average molecular weight is 266 g/mol. The number of benzene rings is 1. The van der Waals surface area contributed by atoms with E-state index in [1.807, 2.05) is 13.0 Å². The van der Waals surface area contributed by atoms with Crippen LogP contribution in [0.5, 0.6) is 0 Å². The first-order valence-corrected chi connectivity index (χ1v) is 6.21. The molecule has 2 N–H and O–H groups in total. The number of hydrogen-bond acceptors (Lipinski definition) is 3. The van der Waals surface area contributed by atoms with Crippen molar-refractivity contribution in [3.05, 3.63) is 53.2 Å². The molecule has 0 bridgehead atoms. The summed E-state index contributed by atoms with van der Waals surface area (Å²) < 4.78 is 25.9. The Morgan fingerprint density at radius 2 is 2.00 bits per heavy atom. The van der Waals surface area contributed by atoms with E-state index in [0.29, 0.717) is 11.4 Å². The molecule has 2 aromatic rings. The van der Waals surface area contributed by atoms with Crippen LogP contribution in [0.2, 0.25) is 0 Å². The molecule has 0 saturated carbocycles. The summed E-state index contributed by atoms with van der Waals surface area (Å²) in [6.07, 6.45) is 1.68. The molecule has 0 aliphatic heterocycles. The van der Waals surface area contributed by atoms with Gasteiger partial charge < -0.3 is 5.73 Å². The maximum Gasteiger partial charge on any atom is 0.159 e. The lowest BCUT2D eigenvalue weighted by atomic mass is 10.2. The second kappa shape index (κ2) is 5.46. The molecular weight excluding hydrogens is 254 g/mol. The number of pyridine rings is 1. The molecule has 1 aromatic heterocycles. The van der Waals surface area contributed by atoms with E-state index in [2.05, 4.69) is 4.98 Å². The molecule has 0 fully saturated rings. The summed E-state index contributed by atoms with van der Waals surface area (Å²) in [7, 11) is 0. The van der Waals surface area contributed by atoms with Crippen molar-refractivity contribution in [2.45, 2.75) is 23.4 Å². The summed E-state index contributed by atoms with van der Waals surface area (Å²) in [6, 6.07) is 5.66. The fraction of sp³-hybridized carbons (Fsp3) is 0.154. The SMILES string of the molecule is Cc1ccnc(Sc2ccc(F)c(F)c2)c1CN. The quantitative estimate of drug-likeness (QED) is 0.926. The summed E-state index contributed by atoms with van der Waals surface area (Å²) in [5, 5.41) is 0.725. The number of rotatable bonds is 3. The monoisotopic (exact) mass is 266 g/mol. The van der Waals surface area contributed by atoms with Gasteiger partial charge in [-0.15, -0.1) is 0 Å². The van der Waals surface area contributed by atoms with Crippen molar-refractivity contribution in [2.24, 2.45) is 5.73 Å². The first kappa shape index (κ1) is 13.0. The molecule has 0 radical (unpaired) electrons. The Morgan fingerprint density at radius 3 is 2.67 bits per heavy atom. The molecule has 2 rings (SSSR count). The summed E-state index contributed by atoms with van der Waals surface area (Å²) in [5.74, 6) is -1.71. The van der Waals surface area contributed by atoms with Gasteiger partial charge in [0, 0.05) is 23.2 Å². The van der Waals surface area contributed by atoms with Crippen LogP contribution < -0.4 is 5.73 Å². The Hall–Kier alpha value is -1.46. The van der Waals surface area contributed by atoms with Gasteiger partial charge in [-0.2, -0.15) is 0 Å². The third-order valence-electron chi connectivity index (χ3n) is 2.56. The van der Waals surface area contributed by atoms with Crippen LogP contribution in [0.4, 0.5) is 8.78 Å². The molecule has 0 saturated heterocycles. The fourth-order valence-electron chi connectivity index (χ4n) is 1.55. The van der Waals surface area contributed by atoms with Crippen LogP contribution in [-0.2, 0) is 6.54 Å². The van der Waals surface area contributed by atoms with Crippen molar-refractivity contribution < 1.29 is 8.78 Å². The third-order valence-corrected chi connectivity index (χ3v) is 3.60. The molecule has 0 atom stereocenters. The van der Waals surface area contributed by atoms with Gasteiger partial charge in [0.2, 0.25) is 0 Å². The van der Waals surface area contributed by atoms with Gasteiger partial charge in [-0.3, -0.25) is 0 Å². The van der Waals surface area contributed by atoms with E-state index in [1.165, 1.54) is 17.8 Å². The molecule has 0 spiro atoms. The molecule has 94 valence electrons. The standard InChI is InChI=1S/C13H12F2N2S/c1-8-4-5-17-13(10(8)7-16)18-9-2-3-11(14)12(15)6-9/h2-6H,7,16H2,1H3. The second-order valence-electron chi connectivity index (χ2n) is 3.79. The predicted octanol–water partition coefficient (Wildman–Crippen LogP) is 3.28. The van der Waals surface area contributed by atoms with E-state index in [-0.39, 0.29) is 0 Å². The maximum absolute atomic E-state index is 13.1.